The molecule has 0 amide bonds. The van der Waals surface area contributed by atoms with Gasteiger partial charge in [-0.05, 0) is 44.0 Å². The van der Waals surface area contributed by atoms with E-state index in [0.29, 0.717) is 18.1 Å². The van der Waals surface area contributed by atoms with Crippen LogP contribution in [0.15, 0.2) is 18.2 Å². The molecule has 0 aliphatic carbocycles. The van der Waals surface area contributed by atoms with Crippen LogP contribution in [0.3, 0.4) is 0 Å². The lowest BCUT2D eigenvalue weighted by atomic mass is 10.1. The fourth-order valence-electron chi connectivity index (χ4n) is 2.12. The van der Waals surface area contributed by atoms with Gasteiger partial charge < -0.3 is 5.11 Å². The van der Waals surface area contributed by atoms with E-state index in [-0.39, 0.29) is 6.42 Å². The average Bonchev–Trinajstić information content (AvgIpc) is 2.66. The minimum absolute atomic E-state index is 0.0585. The second kappa shape index (κ2) is 5.22. The van der Waals surface area contributed by atoms with E-state index in [1.807, 2.05) is 32.9 Å². The van der Waals surface area contributed by atoms with Crippen molar-refractivity contribution in [1.82, 2.24) is 14.8 Å². The molecule has 0 bridgehead atoms. The normalized spacial score (nSPS) is 10.7. The molecule has 0 radical (unpaired) electrons. The minimum Gasteiger partial charge on any atom is -0.481 e. The largest absolute Gasteiger partial charge is 0.481 e. The van der Waals surface area contributed by atoms with E-state index >= 15 is 0 Å². The zero-order chi connectivity index (χ0) is 14.0. The Morgan fingerprint density at radius 2 is 1.84 bits per heavy atom. The van der Waals surface area contributed by atoms with Gasteiger partial charge in [-0.2, -0.15) is 5.10 Å². The lowest BCUT2D eigenvalue weighted by Crippen LogP contribution is -2.06. The molecule has 5 heteroatoms. The highest BCUT2D eigenvalue weighted by Crippen LogP contribution is 2.15. The lowest BCUT2D eigenvalue weighted by Gasteiger charge is -2.07. The van der Waals surface area contributed by atoms with Gasteiger partial charge in [0.15, 0.2) is 0 Å². The first-order chi connectivity index (χ1) is 8.95. The number of hydrogen-bond acceptors (Lipinski definition) is 3. The molecule has 0 saturated carbocycles. The van der Waals surface area contributed by atoms with Crippen LogP contribution in [0, 0.1) is 20.8 Å². The third kappa shape index (κ3) is 3.19. The summed E-state index contributed by atoms with van der Waals surface area (Å²) in [5.41, 5.74) is 3.22. The third-order valence-corrected chi connectivity index (χ3v) is 2.79. The summed E-state index contributed by atoms with van der Waals surface area (Å²) in [5, 5.41) is 13.1. The summed E-state index contributed by atoms with van der Waals surface area (Å²) in [6.07, 6.45) is 0.437. The first-order valence-electron chi connectivity index (χ1n) is 6.18. The van der Waals surface area contributed by atoms with E-state index in [0.717, 1.165) is 16.8 Å². The zero-order valence-corrected chi connectivity index (χ0v) is 11.3. The van der Waals surface area contributed by atoms with Crippen molar-refractivity contribution in [3.63, 3.8) is 0 Å². The first kappa shape index (κ1) is 13.3. The molecule has 0 fully saturated rings. The van der Waals surface area contributed by atoms with Gasteiger partial charge in [-0.25, -0.2) is 9.67 Å². The van der Waals surface area contributed by atoms with Crippen LogP contribution in [0.4, 0.5) is 0 Å². The maximum absolute atomic E-state index is 10.7. The van der Waals surface area contributed by atoms with Crippen molar-refractivity contribution in [3.05, 3.63) is 41.0 Å². The Balaban J connectivity index is 2.40. The van der Waals surface area contributed by atoms with Gasteiger partial charge in [0.1, 0.15) is 11.6 Å². The maximum atomic E-state index is 10.7. The highest BCUT2D eigenvalue weighted by Gasteiger charge is 2.11. The van der Waals surface area contributed by atoms with Gasteiger partial charge in [0.2, 0.25) is 0 Å². The SMILES string of the molecule is Cc1cc(C)cc(-n2nc(C)nc2CCC(=O)O)c1. The van der Waals surface area contributed by atoms with Crippen molar-refractivity contribution < 1.29 is 9.90 Å². The summed E-state index contributed by atoms with van der Waals surface area (Å²) in [4.78, 5) is 15.0. The molecule has 100 valence electrons. The third-order valence-electron chi connectivity index (χ3n) is 2.79. The predicted octanol–water partition coefficient (Wildman–Crippen LogP) is 2.21. The molecule has 2 aromatic rings. The van der Waals surface area contributed by atoms with Crippen LogP contribution in [0.2, 0.25) is 0 Å². The maximum Gasteiger partial charge on any atom is 0.303 e. The predicted molar refractivity (Wildman–Crippen MR) is 71.5 cm³/mol. The average molecular weight is 259 g/mol. The Labute approximate surface area is 111 Å². The number of aliphatic carboxylic acids is 1. The van der Waals surface area contributed by atoms with Gasteiger partial charge in [-0.1, -0.05) is 6.07 Å². The first-order valence-corrected chi connectivity index (χ1v) is 6.18. The van der Waals surface area contributed by atoms with E-state index in [2.05, 4.69) is 16.1 Å². The van der Waals surface area contributed by atoms with E-state index in [9.17, 15) is 4.79 Å². The van der Waals surface area contributed by atoms with Crippen LogP contribution in [0.5, 0.6) is 0 Å². The highest BCUT2D eigenvalue weighted by molar-refractivity contribution is 5.66. The zero-order valence-electron chi connectivity index (χ0n) is 11.3. The number of benzene rings is 1. The molecule has 0 aliphatic rings. The molecule has 0 aliphatic heterocycles. The van der Waals surface area contributed by atoms with Crippen LogP contribution in [0.25, 0.3) is 5.69 Å². The quantitative estimate of drug-likeness (QED) is 0.914. The molecule has 5 nitrogen and oxygen atoms in total. The Bertz CT molecular complexity index is 597. The fraction of sp³-hybridized carbons (Fsp3) is 0.357. The van der Waals surface area contributed by atoms with E-state index in [4.69, 9.17) is 5.11 Å². The van der Waals surface area contributed by atoms with Gasteiger partial charge in [0.05, 0.1) is 12.1 Å². The Hall–Kier alpha value is -2.17. The summed E-state index contributed by atoms with van der Waals surface area (Å²) >= 11 is 0. The topological polar surface area (TPSA) is 68.0 Å². The molecule has 0 saturated heterocycles. The van der Waals surface area contributed by atoms with E-state index in [1.165, 1.54) is 0 Å². The molecular weight excluding hydrogens is 242 g/mol. The van der Waals surface area contributed by atoms with E-state index in [1.54, 1.807) is 4.68 Å². The van der Waals surface area contributed by atoms with Gasteiger partial charge in [0.25, 0.3) is 0 Å². The summed E-state index contributed by atoms with van der Waals surface area (Å²) in [6, 6.07) is 6.13. The second-order valence-corrected chi connectivity index (χ2v) is 4.73. The van der Waals surface area contributed by atoms with Crippen LogP contribution in [0.1, 0.15) is 29.2 Å². The fourth-order valence-corrected chi connectivity index (χ4v) is 2.12. The van der Waals surface area contributed by atoms with Crippen molar-refractivity contribution in [2.45, 2.75) is 33.6 Å². The number of carbonyl (C=O) groups is 1. The van der Waals surface area contributed by atoms with Crippen molar-refractivity contribution in [3.8, 4) is 5.69 Å². The Morgan fingerprint density at radius 3 is 2.42 bits per heavy atom. The van der Waals surface area contributed by atoms with Gasteiger partial charge >= 0.3 is 5.97 Å². The smallest absolute Gasteiger partial charge is 0.303 e. The van der Waals surface area contributed by atoms with Crippen molar-refractivity contribution in [2.24, 2.45) is 0 Å². The molecule has 0 unspecified atom stereocenters. The standard InChI is InChI=1S/C14H17N3O2/c1-9-6-10(2)8-12(7-9)17-13(4-5-14(18)19)15-11(3)16-17/h6-8H,4-5H2,1-3H3,(H,18,19). The lowest BCUT2D eigenvalue weighted by molar-refractivity contribution is -0.137. The number of carboxylic acid groups (broad SMARTS) is 1. The molecule has 19 heavy (non-hydrogen) atoms. The Morgan fingerprint density at radius 1 is 1.21 bits per heavy atom. The molecule has 0 spiro atoms. The number of carboxylic acids is 1. The molecule has 0 atom stereocenters. The summed E-state index contributed by atoms with van der Waals surface area (Å²) < 4.78 is 1.73. The number of aromatic nitrogens is 3. The van der Waals surface area contributed by atoms with E-state index < -0.39 is 5.97 Å². The van der Waals surface area contributed by atoms with Crippen molar-refractivity contribution in [2.75, 3.05) is 0 Å². The van der Waals surface area contributed by atoms with Crippen LogP contribution >= 0.6 is 0 Å². The molecule has 1 heterocycles. The minimum atomic E-state index is -0.826. The van der Waals surface area contributed by atoms with Crippen molar-refractivity contribution in [1.29, 1.82) is 0 Å². The summed E-state index contributed by atoms with van der Waals surface area (Å²) in [7, 11) is 0. The number of rotatable bonds is 4. The highest BCUT2D eigenvalue weighted by atomic mass is 16.4. The van der Waals surface area contributed by atoms with Gasteiger partial charge in [-0.15, -0.1) is 0 Å². The monoisotopic (exact) mass is 259 g/mol. The molecule has 1 N–H and O–H groups in total. The molecule has 1 aromatic carbocycles. The van der Waals surface area contributed by atoms with Crippen LogP contribution in [-0.2, 0) is 11.2 Å². The molecular formula is C14H17N3O2. The number of aryl methyl sites for hydroxylation is 4. The number of nitrogens with zero attached hydrogens (tertiary/aromatic N) is 3. The molecule has 1 aromatic heterocycles. The van der Waals surface area contributed by atoms with Crippen molar-refractivity contribution >= 4 is 5.97 Å². The van der Waals surface area contributed by atoms with Crippen LogP contribution < -0.4 is 0 Å². The Kier molecular flexibility index (Phi) is 3.64. The summed E-state index contributed by atoms with van der Waals surface area (Å²) in [5.74, 6) is 0.511. The van der Waals surface area contributed by atoms with Gasteiger partial charge in [0, 0.05) is 6.42 Å². The summed E-state index contributed by atoms with van der Waals surface area (Å²) in [6.45, 7) is 5.86. The van der Waals surface area contributed by atoms with Gasteiger partial charge in [-0.3, -0.25) is 4.79 Å². The molecule has 2 rings (SSSR count). The van der Waals surface area contributed by atoms with Crippen LogP contribution in [-0.4, -0.2) is 25.8 Å². The number of hydrogen-bond donors (Lipinski definition) is 1. The second-order valence-electron chi connectivity index (χ2n) is 4.73.